The molecule has 0 bridgehead atoms. The number of nitrogens with two attached hydrogens (primary N) is 2. The van der Waals surface area contributed by atoms with Gasteiger partial charge in [0.15, 0.2) is 0 Å². The van der Waals surface area contributed by atoms with E-state index in [1.54, 1.807) is 18.2 Å². The van der Waals surface area contributed by atoms with Gasteiger partial charge in [-0.3, -0.25) is 0 Å². The normalized spacial score (nSPS) is 10.8. The molecule has 0 saturated carbocycles. The summed E-state index contributed by atoms with van der Waals surface area (Å²) in [7, 11) is 0. The van der Waals surface area contributed by atoms with Gasteiger partial charge < -0.3 is 11.5 Å². The highest BCUT2D eigenvalue weighted by molar-refractivity contribution is 6.39. The number of hydrogen-bond acceptors (Lipinski definition) is 4. The maximum atomic E-state index is 6.20. The lowest BCUT2D eigenvalue weighted by Crippen LogP contribution is -2.02. The van der Waals surface area contributed by atoms with E-state index in [4.69, 9.17) is 34.7 Å². The van der Waals surface area contributed by atoms with Crippen LogP contribution in [0, 0.1) is 0 Å². The van der Waals surface area contributed by atoms with Crippen molar-refractivity contribution < 1.29 is 0 Å². The Kier molecular flexibility index (Phi) is 3.45. The van der Waals surface area contributed by atoms with Crippen LogP contribution in [0.2, 0.25) is 10.0 Å². The predicted molar refractivity (Wildman–Crippen MR) is 85.6 cm³/mol. The molecule has 4 N–H and O–H groups in total. The van der Waals surface area contributed by atoms with E-state index < -0.39 is 0 Å². The minimum Gasteiger partial charge on any atom is -0.368 e. The van der Waals surface area contributed by atoms with Gasteiger partial charge in [0.1, 0.15) is 0 Å². The number of aromatic nitrogens is 3. The number of nitrogens with zero attached hydrogens (tertiary/aromatic N) is 3. The lowest BCUT2D eigenvalue weighted by Gasteiger charge is -2.08. The van der Waals surface area contributed by atoms with Gasteiger partial charge in [0.25, 0.3) is 0 Å². The molecule has 5 nitrogen and oxygen atoms in total. The van der Waals surface area contributed by atoms with Crippen molar-refractivity contribution in [1.29, 1.82) is 0 Å². The predicted octanol–water partition coefficient (Wildman–Crippen LogP) is 3.41. The lowest BCUT2D eigenvalue weighted by atomic mass is 10.1. The van der Waals surface area contributed by atoms with E-state index in [1.807, 2.05) is 24.3 Å². The minimum atomic E-state index is 0.130. The summed E-state index contributed by atoms with van der Waals surface area (Å²) >= 11 is 12.4. The first-order valence-electron chi connectivity index (χ1n) is 6.09. The Hall–Kier alpha value is -2.24. The molecular weight excluding hydrogens is 309 g/mol. The first-order chi connectivity index (χ1) is 10.1. The minimum absolute atomic E-state index is 0.130. The van der Waals surface area contributed by atoms with Crippen LogP contribution in [0.4, 0.5) is 11.9 Å². The fourth-order valence-corrected chi connectivity index (χ4v) is 2.69. The Labute approximate surface area is 131 Å². The molecule has 0 spiro atoms. The third-order valence-corrected chi connectivity index (χ3v) is 3.64. The highest BCUT2D eigenvalue weighted by atomic mass is 35.5. The Morgan fingerprint density at radius 3 is 2.05 bits per heavy atom. The highest BCUT2D eigenvalue weighted by Crippen LogP contribution is 2.34. The van der Waals surface area contributed by atoms with Crippen LogP contribution in [0.15, 0.2) is 42.5 Å². The maximum absolute atomic E-state index is 6.20. The number of benzene rings is 2. The SMILES string of the molecule is Nc1nc(N)n(-c2ccc(-c3c(Cl)cccc3Cl)cc2)n1. The Balaban J connectivity index is 2.04. The fourth-order valence-electron chi connectivity index (χ4n) is 2.07. The molecule has 3 rings (SSSR count). The van der Waals surface area contributed by atoms with E-state index >= 15 is 0 Å². The Bertz CT molecular complexity index is 775. The maximum Gasteiger partial charge on any atom is 0.241 e. The molecule has 21 heavy (non-hydrogen) atoms. The van der Waals surface area contributed by atoms with Crippen molar-refractivity contribution in [1.82, 2.24) is 14.8 Å². The largest absolute Gasteiger partial charge is 0.368 e. The smallest absolute Gasteiger partial charge is 0.241 e. The van der Waals surface area contributed by atoms with E-state index in [-0.39, 0.29) is 11.9 Å². The van der Waals surface area contributed by atoms with Crippen molar-refractivity contribution in [3.63, 3.8) is 0 Å². The van der Waals surface area contributed by atoms with E-state index in [0.717, 1.165) is 16.8 Å². The molecule has 2 aromatic carbocycles. The Morgan fingerprint density at radius 2 is 1.52 bits per heavy atom. The van der Waals surface area contributed by atoms with Crippen LogP contribution in [-0.4, -0.2) is 14.8 Å². The van der Waals surface area contributed by atoms with Gasteiger partial charge in [-0.1, -0.05) is 41.4 Å². The van der Waals surface area contributed by atoms with Gasteiger partial charge in [0.05, 0.1) is 5.69 Å². The van der Waals surface area contributed by atoms with Crippen molar-refractivity contribution >= 4 is 35.1 Å². The number of halogens is 2. The Morgan fingerprint density at radius 1 is 0.905 bits per heavy atom. The molecule has 3 aromatic rings. The molecule has 0 fully saturated rings. The molecule has 7 heteroatoms. The second-order valence-electron chi connectivity index (χ2n) is 4.38. The standard InChI is InChI=1S/C14H11Cl2N5/c15-10-2-1-3-11(16)12(10)8-4-6-9(7-5-8)21-14(18)19-13(17)20-21/h1-7H,(H4,17,18,19,20). The van der Waals surface area contributed by atoms with Crippen molar-refractivity contribution in [2.75, 3.05) is 11.5 Å². The van der Waals surface area contributed by atoms with Crippen LogP contribution in [0.25, 0.3) is 16.8 Å². The molecule has 0 amide bonds. The van der Waals surface area contributed by atoms with Gasteiger partial charge >= 0.3 is 0 Å². The first kappa shape index (κ1) is 13.7. The molecule has 0 aliphatic carbocycles. The number of hydrogen-bond donors (Lipinski definition) is 2. The zero-order valence-electron chi connectivity index (χ0n) is 10.8. The second-order valence-corrected chi connectivity index (χ2v) is 5.20. The molecule has 0 aliphatic rings. The van der Waals surface area contributed by atoms with Crippen LogP contribution in [0.1, 0.15) is 0 Å². The zero-order valence-corrected chi connectivity index (χ0v) is 12.3. The van der Waals surface area contributed by atoms with Gasteiger partial charge in [-0.05, 0) is 29.8 Å². The van der Waals surface area contributed by atoms with Gasteiger partial charge in [0, 0.05) is 15.6 Å². The molecule has 1 heterocycles. The summed E-state index contributed by atoms with van der Waals surface area (Å²) in [5.41, 5.74) is 13.7. The van der Waals surface area contributed by atoms with Crippen LogP contribution in [-0.2, 0) is 0 Å². The summed E-state index contributed by atoms with van der Waals surface area (Å²) in [4.78, 5) is 3.86. The van der Waals surface area contributed by atoms with Crippen molar-refractivity contribution in [2.45, 2.75) is 0 Å². The zero-order chi connectivity index (χ0) is 15.0. The van der Waals surface area contributed by atoms with Crippen LogP contribution < -0.4 is 11.5 Å². The molecule has 106 valence electrons. The lowest BCUT2D eigenvalue weighted by molar-refractivity contribution is 0.896. The van der Waals surface area contributed by atoms with Gasteiger partial charge in [-0.25, -0.2) is 0 Å². The molecule has 0 atom stereocenters. The van der Waals surface area contributed by atoms with E-state index in [0.29, 0.717) is 10.0 Å². The third kappa shape index (κ3) is 2.53. The second kappa shape index (κ2) is 5.27. The van der Waals surface area contributed by atoms with Crippen LogP contribution in [0.5, 0.6) is 0 Å². The molecule has 0 aliphatic heterocycles. The van der Waals surface area contributed by atoms with Gasteiger partial charge in [0.2, 0.25) is 11.9 Å². The molecular formula is C14H11Cl2N5. The van der Waals surface area contributed by atoms with Crippen LogP contribution >= 0.6 is 23.2 Å². The summed E-state index contributed by atoms with van der Waals surface area (Å²) in [5.74, 6) is 0.363. The summed E-state index contributed by atoms with van der Waals surface area (Å²) in [6.07, 6.45) is 0. The van der Waals surface area contributed by atoms with E-state index in [2.05, 4.69) is 10.1 Å². The first-order valence-corrected chi connectivity index (χ1v) is 6.84. The highest BCUT2D eigenvalue weighted by Gasteiger charge is 2.10. The van der Waals surface area contributed by atoms with Crippen LogP contribution in [0.3, 0.4) is 0 Å². The number of anilines is 2. The monoisotopic (exact) mass is 319 g/mol. The summed E-state index contributed by atoms with van der Waals surface area (Å²) in [6, 6.07) is 12.9. The number of rotatable bonds is 2. The molecule has 0 unspecified atom stereocenters. The van der Waals surface area contributed by atoms with Crippen molar-refractivity contribution in [3.05, 3.63) is 52.5 Å². The molecule has 0 radical (unpaired) electrons. The topological polar surface area (TPSA) is 82.7 Å². The fraction of sp³-hybridized carbons (Fsp3) is 0. The summed E-state index contributed by atoms with van der Waals surface area (Å²) in [6.45, 7) is 0. The van der Waals surface area contributed by atoms with E-state index in [1.165, 1.54) is 4.68 Å². The molecule has 1 aromatic heterocycles. The van der Waals surface area contributed by atoms with Crippen molar-refractivity contribution in [3.8, 4) is 16.8 Å². The third-order valence-electron chi connectivity index (χ3n) is 3.01. The van der Waals surface area contributed by atoms with Gasteiger partial charge in [-0.2, -0.15) is 9.67 Å². The number of nitrogen functional groups attached to an aromatic ring is 2. The molecule has 0 saturated heterocycles. The summed E-state index contributed by atoms with van der Waals surface area (Å²) < 4.78 is 1.47. The summed E-state index contributed by atoms with van der Waals surface area (Å²) in [5, 5.41) is 5.22. The quantitative estimate of drug-likeness (QED) is 0.758. The van der Waals surface area contributed by atoms with Gasteiger partial charge in [-0.15, -0.1) is 5.10 Å². The average molecular weight is 320 g/mol. The van der Waals surface area contributed by atoms with Crippen molar-refractivity contribution in [2.24, 2.45) is 0 Å². The average Bonchev–Trinajstić information content (AvgIpc) is 2.78. The van der Waals surface area contributed by atoms with E-state index in [9.17, 15) is 0 Å².